The fourth-order valence-electron chi connectivity index (χ4n) is 4.59. The highest BCUT2D eigenvalue weighted by atomic mass is 33.1. The van der Waals surface area contributed by atoms with Crippen LogP contribution in [0.4, 0.5) is 11.4 Å². The van der Waals surface area contributed by atoms with Crippen molar-refractivity contribution in [3.8, 4) is 0 Å². The maximum atomic E-state index is 10.7. The van der Waals surface area contributed by atoms with Crippen molar-refractivity contribution in [3.05, 3.63) is 65.7 Å². The minimum atomic E-state index is -4.25. The molecular formula is C23H27N2O4S2-. The van der Waals surface area contributed by atoms with Crippen LogP contribution in [0, 0.1) is 0 Å². The van der Waals surface area contributed by atoms with Crippen LogP contribution in [-0.2, 0) is 19.3 Å². The Morgan fingerprint density at radius 1 is 1.19 bits per heavy atom. The Bertz CT molecular complexity index is 1080. The lowest BCUT2D eigenvalue weighted by Gasteiger charge is -2.39. The van der Waals surface area contributed by atoms with E-state index in [0.29, 0.717) is 23.9 Å². The number of benzene rings is 2. The molecule has 1 saturated heterocycles. The average molecular weight is 460 g/mol. The van der Waals surface area contributed by atoms with Crippen molar-refractivity contribution in [1.82, 2.24) is 0 Å². The SMILES string of the molecule is CN(CCSS(=O)(=O)[O-])c1ccc(/C=C/C23OCCN2c2ccccc2C3(C)C)cc1. The second kappa shape index (κ2) is 8.16. The maximum Gasteiger partial charge on any atom is 0.170 e. The molecule has 0 amide bonds. The zero-order chi connectivity index (χ0) is 22.3. The summed E-state index contributed by atoms with van der Waals surface area (Å²) in [5.41, 5.74) is 3.87. The van der Waals surface area contributed by atoms with Gasteiger partial charge in [0, 0.05) is 42.7 Å². The molecule has 6 nitrogen and oxygen atoms in total. The molecule has 2 heterocycles. The molecule has 0 spiro atoms. The summed E-state index contributed by atoms with van der Waals surface area (Å²) in [4.78, 5) is 4.30. The van der Waals surface area contributed by atoms with Crippen LogP contribution in [0.5, 0.6) is 0 Å². The van der Waals surface area contributed by atoms with E-state index in [4.69, 9.17) is 4.74 Å². The molecule has 1 unspecified atom stereocenters. The van der Waals surface area contributed by atoms with E-state index in [9.17, 15) is 13.0 Å². The molecule has 0 bridgehead atoms. The predicted octanol–water partition coefficient (Wildman–Crippen LogP) is 3.85. The van der Waals surface area contributed by atoms with Gasteiger partial charge in [-0.1, -0.05) is 50.3 Å². The minimum absolute atomic E-state index is 0.184. The molecule has 4 rings (SSSR count). The third kappa shape index (κ3) is 4.09. The Balaban J connectivity index is 1.50. The molecule has 0 aliphatic carbocycles. The summed E-state index contributed by atoms with van der Waals surface area (Å²) in [5, 5.41) is 0. The first-order valence-corrected chi connectivity index (χ1v) is 13.2. The lowest BCUT2D eigenvalue weighted by atomic mass is 9.77. The highest BCUT2D eigenvalue weighted by Gasteiger charge is 2.58. The van der Waals surface area contributed by atoms with Crippen molar-refractivity contribution >= 4 is 37.4 Å². The minimum Gasteiger partial charge on any atom is -0.739 e. The van der Waals surface area contributed by atoms with E-state index in [0.717, 1.165) is 17.8 Å². The number of fused-ring (bicyclic) bond motifs is 3. The van der Waals surface area contributed by atoms with Gasteiger partial charge in [-0.2, -0.15) is 0 Å². The summed E-state index contributed by atoms with van der Waals surface area (Å²) in [6.45, 7) is 6.51. The van der Waals surface area contributed by atoms with E-state index < -0.39 is 14.9 Å². The molecule has 2 aliphatic rings. The van der Waals surface area contributed by atoms with Gasteiger partial charge in [0.15, 0.2) is 5.72 Å². The number of rotatable bonds is 7. The average Bonchev–Trinajstić information content (AvgIpc) is 3.23. The van der Waals surface area contributed by atoms with Gasteiger partial charge in [0.05, 0.1) is 6.61 Å². The number of hydrogen-bond donors (Lipinski definition) is 0. The number of para-hydroxylation sites is 1. The van der Waals surface area contributed by atoms with E-state index in [-0.39, 0.29) is 11.2 Å². The maximum absolute atomic E-state index is 10.7. The summed E-state index contributed by atoms with van der Waals surface area (Å²) >= 11 is 0. The van der Waals surface area contributed by atoms with Gasteiger partial charge >= 0.3 is 0 Å². The van der Waals surface area contributed by atoms with E-state index in [1.165, 1.54) is 11.3 Å². The van der Waals surface area contributed by atoms with Crippen molar-refractivity contribution in [2.45, 2.75) is 25.0 Å². The fraction of sp³-hybridized carbons (Fsp3) is 0.391. The van der Waals surface area contributed by atoms with Gasteiger partial charge in [-0.25, -0.2) is 8.42 Å². The quantitative estimate of drug-likeness (QED) is 0.460. The van der Waals surface area contributed by atoms with Crippen LogP contribution in [-0.4, -0.2) is 51.2 Å². The molecular weight excluding hydrogens is 432 g/mol. The van der Waals surface area contributed by atoms with Crippen LogP contribution in [0.1, 0.15) is 25.0 Å². The Kier molecular flexibility index (Phi) is 5.85. The highest BCUT2D eigenvalue weighted by Crippen LogP contribution is 2.54. The normalized spacial score (nSPS) is 22.0. The van der Waals surface area contributed by atoms with Crippen LogP contribution in [0.15, 0.2) is 54.6 Å². The molecule has 0 N–H and O–H groups in total. The Morgan fingerprint density at radius 2 is 1.90 bits per heavy atom. The Labute approximate surface area is 188 Å². The molecule has 2 aromatic carbocycles. The monoisotopic (exact) mass is 459 g/mol. The molecule has 1 fully saturated rings. The second-order valence-corrected chi connectivity index (χ2v) is 11.8. The highest BCUT2D eigenvalue weighted by molar-refractivity contribution is 8.69. The topological polar surface area (TPSA) is 72.9 Å². The lowest BCUT2D eigenvalue weighted by molar-refractivity contribution is 0.000337. The molecule has 0 saturated carbocycles. The predicted molar refractivity (Wildman–Crippen MR) is 126 cm³/mol. The van der Waals surface area contributed by atoms with E-state index in [1.807, 2.05) is 36.2 Å². The van der Waals surface area contributed by atoms with Gasteiger partial charge < -0.3 is 19.1 Å². The molecule has 31 heavy (non-hydrogen) atoms. The Hall–Kier alpha value is -2.00. The van der Waals surface area contributed by atoms with Gasteiger partial charge in [-0.3, -0.25) is 0 Å². The van der Waals surface area contributed by atoms with E-state index in [1.54, 1.807) is 0 Å². The second-order valence-electron chi connectivity index (χ2n) is 8.42. The summed E-state index contributed by atoms with van der Waals surface area (Å²) < 4.78 is 38.6. The summed E-state index contributed by atoms with van der Waals surface area (Å²) in [6.07, 6.45) is 4.28. The zero-order valence-corrected chi connectivity index (χ0v) is 19.6. The van der Waals surface area contributed by atoms with Crippen LogP contribution in [0.3, 0.4) is 0 Å². The van der Waals surface area contributed by atoms with Gasteiger partial charge in [-0.15, -0.1) is 0 Å². The number of ether oxygens (including phenoxy) is 1. The smallest absolute Gasteiger partial charge is 0.170 e. The molecule has 166 valence electrons. The number of anilines is 2. The molecule has 1 atom stereocenters. The third-order valence-corrected chi connectivity index (χ3v) is 8.30. The van der Waals surface area contributed by atoms with Gasteiger partial charge in [0.1, 0.15) is 9.15 Å². The summed E-state index contributed by atoms with van der Waals surface area (Å²) in [5.74, 6) is 0.231. The molecule has 0 aromatic heterocycles. The first kappa shape index (κ1) is 22.2. The van der Waals surface area contributed by atoms with Gasteiger partial charge in [-0.05, 0) is 46.2 Å². The van der Waals surface area contributed by atoms with Crippen LogP contribution in [0.25, 0.3) is 6.08 Å². The van der Waals surface area contributed by atoms with Gasteiger partial charge in [0.2, 0.25) is 0 Å². The van der Waals surface area contributed by atoms with Crippen LogP contribution in [0.2, 0.25) is 0 Å². The lowest BCUT2D eigenvalue weighted by Crippen LogP contribution is -2.51. The van der Waals surface area contributed by atoms with Gasteiger partial charge in [0.25, 0.3) is 0 Å². The summed E-state index contributed by atoms with van der Waals surface area (Å²) in [7, 11) is -1.94. The first-order chi connectivity index (χ1) is 14.6. The number of nitrogens with zero attached hydrogens (tertiary/aromatic N) is 2. The third-order valence-electron chi connectivity index (χ3n) is 6.29. The molecule has 8 heteroatoms. The zero-order valence-electron chi connectivity index (χ0n) is 17.9. The van der Waals surface area contributed by atoms with E-state index >= 15 is 0 Å². The first-order valence-electron chi connectivity index (χ1n) is 10.3. The largest absolute Gasteiger partial charge is 0.739 e. The Morgan fingerprint density at radius 3 is 2.61 bits per heavy atom. The van der Waals surface area contributed by atoms with Crippen LogP contribution >= 0.6 is 10.8 Å². The van der Waals surface area contributed by atoms with Crippen LogP contribution < -0.4 is 9.80 Å². The van der Waals surface area contributed by atoms with Crippen molar-refractivity contribution in [2.75, 3.05) is 42.3 Å². The summed E-state index contributed by atoms with van der Waals surface area (Å²) in [6, 6.07) is 16.6. The molecule has 2 aliphatic heterocycles. The molecule has 2 aromatic rings. The van der Waals surface area contributed by atoms with Crippen molar-refractivity contribution in [1.29, 1.82) is 0 Å². The standard InChI is InChI=1S/C23H28N2O4S2/c1-22(2)20-6-4-5-7-21(20)25-14-16-29-23(22,25)13-12-18-8-10-19(11-9-18)24(3)15-17-30-31(26,27)28/h4-13H,14-17H2,1-3H3,(H,26,27,28)/p-1/b13-12+. The van der Waals surface area contributed by atoms with Crippen molar-refractivity contribution in [2.24, 2.45) is 0 Å². The molecule has 0 radical (unpaired) electrons. The van der Waals surface area contributed by atoms with Crippen molar-refractivity contribution in [3.63, 3.8) is 0 Å². The van der Waals surface area contributed by atoms with Crippen molar-refractivity contribution < 1.29 is 17.7 Å². The van der Waals surface area contributed by atoms with E-state index in [2.05, 4.69) is 55.2 Å². The number of hydrogen-bond acceptors (Lipinski definition) is 7. The fourth-order valence-corrected chi connectivity index (χ4v) is 5.97.